The monoisotopic (exact) mass is 346 g/mol. The van der Waals surface area contributed by atoms with Gasteiger partial charge >= 0.3 is 0 Å². The van der Waals surface area contributed by atoms with Crippen molar-refractivity contribution in [2.75, 3.05) is 12.0 Å². The summed E-state index contributed by atoms with van der Waals surface area (Å²) in [6, 6.07) is 7.74. The molecule has 1 saturated carbocycles. The molecule has 0 saturated heterocycles. The predicted octanol–water partition coefficient (Wildman–Crippen LogP) is 3.16. The number of aromatic nitrogens is 2. The molecule has 0 spiro atoms. The summed E-state index contributed by atoms with van der Waals surface area (Å²) in [5.74, 6) is 1.57. The van der Waals surface area contributed by atoms with Gasteiger partial charge < -0.3 is 8.94 Å². The zero-order valence-electron chi connectivity index (χ0n) is 13.6. The minimum Gasteiger partial charge on any atom is -0.451 e. The van der Waals surface area contributed by atoms with E-state index in [-0.39, 0.29) is 11.2 Å². The average Bonchev–Trinajstić information content (AvgIpc) is 2.91. The summed E-state index contributed by atoms with van der Waals surface area (Å²) in [5, 5.41) is 5.02. The molecule has 1 aliphatic carbocycles. The fraction of sp³-hybridized carbons (Fsp3) is 0.412. The molecule has 0 unspecified atom stereocenters. The summed E-state index contributed by atoms with van der Waals surface area (Å²) in [5.41, 5.74) is 1.67. The number of sulfone groups is 1. The van der Waals surface area contributed by atoms with E-state index >= 15 is 0 Å². The number of aryl methyl sites for hydroxylation is 1. The molecule has 0 aliphatic heterocycles. The molecule has 0 N–H and O–H groups in total. The number of hydrogen-bond donors (Lipinski definition) is 0. The van der Waals surface area contributed by atoms with E-state index < -0.39 is 9.84 Å². The molecule has 7 heteroatoms. The summed E-state index contributed by atoms with van der Waals surface area (Å²) in [4.78, 5) is 4.39. The lowest BCUT2D eigenvalue weighted by Crippen LogP contribution is -2.18. The predicted molar refractivity (Wildman–Crippen MR) is 89.3 cm³/mol. The Morgan fingerprint density at radius 2 is 2.08 bits per heavy atom. The topological polar surface area (TPSA) is 86.2 Å². The van der Waals surface area contributed by atoms with E-state index in [1.165, 1.54) is 6.26 Å². The zero-order valence-corrected chi connectivity index (χ0v) is 14.4. The van der Waals surface area contributed by atoms with Gasteiger partial charge in [0, 0.05) is 18.1 Å². The van der Waals surface area contributed by atoms with Crippen LogP contribution in [-0.2, 0) is 16.3 Å². The van der Waals surface area contributed by atoms with Gasteiger partial charge in [0.1, 0.15) is 15.4 Å². The quantitative estimate of drug-likeness (QED) is 0.705. The van der Waals surface area contributed by atoms with Gasteiger partial charge in [0.15, 0.2) is 11.6 Å². The average molecular weight is 346 g/mol. The Balaban J connectivity index is 1.59. The molecule has 6 nitrogen and oxygen atoms in total. The molecule has 1 fully saturated rings. The van der Waals surface area contributed by atoms with Crippen molar-refractivity contribution in [1.82, 2.24) is 10.1 Å². The number of hydrogen-bond acceptors (Lipinski definition) is 6. The normalized spacial score (nSPS) is 16.6. The summed E-state index contributed by atoms with van der Waals surface area (Å²) < 4.78 is 34.2. The van der Waals surface area contributed by atoms with E-state index in [0.29, 0.717) is 23.9 Å². The van der Waals surface area contributed by atoms with Crippen LogP contribution in [0.1, 0.15) is 24.2 Å². The third-order valence-electron chi connectivity index (χ3n) is 4.52. The van der Waals surface area contributed by atoms with Crippen molar-refractivity contribution < 1.29 is 17.4 Å². The first-order chi connectivity index (χ1) is 11.3. The fourth-order valence-corrected chi connectivity index (χ4v) is 4.68. The second-order valence-corrected chi connectivity index (χ2v) is 9.00. The van der Waals surface area contributed by atoms with Gasteiger partial charge in [0.05, 0.1) is 5.75 Å². The number of fused-ring (bicyclic) bond motifs is 1. The first-order valence-electron chi connectivity index (χ1n) is 7.84. The van der Waals surface area contributed by atoms with E-state index in [4.69, 9.17) is 8.94 Å². The molecule has 1 aliphatic rings. The van der Waals surface area contributed by atoms with Gasteiger partial charge in [-0.2, -0.15) is 4.98 Å². The maximum atomic E-state index is 11.6. The van der Waals surface area contributed by atoms with Crippen molar-refractivity contribution in [1.29, 1.82) is 0 Å². The Kier molecular flexibility index (Phi) is 3.32. The summed E-state index contributed by atoms with van der Waals surface area (Å²) in [6.45, 7) is 2.02. The van der Waals surface area contributed by atoms with E-state index in [1.807, 2.05) is 31.2 Å². The summed E-state index contributed by atoms with van der Waals surface area (Å²) in [6.07, 6.45) is 3.55. The molecule has 24 heavy (non-hydrogen) atoms. The van der Waals surface area contributed by atoms with Crippen LogP contribution in [-0.4, -0.2) is 30.6 Å². The minimum atomic E-state index is -3.01. The van der Waals surface area contributed by atoms with Crippen LogP contribution >= 0.6 is 0 Å². The largest absolute Gasteiger partial charge is 0.451 e. The second-order valence-electron chi connectivity index (χ2n) is 6.86. The van der Waals surface area contributed by atoms with E-state index in [9.17, 15) is 8.42 Å². The van der Waals surface area contributed by atoms with Crippen LogP contribution < -0.4 is 0 Å². The first-order valence-corrected chi connectivity index (χ1v) is 9.90. The lowest BCUT2D eigenvalue weighted by Gasteiger charge is -2.10. The number of furan rings is 1. The van der Waals surface area contributed by atoms with Crippen LogP contribution in [0.3, 0.4) is 0 Å². The van der Waals surface area contributed by atoms with E-state index in [1.54, 1.807) is 0 Å². The molecule has 1 aromatic carbocycles. The van der Waals surface area contributed by atoms with Crippen LogP contribution in [0.4, 0.5) is 0 Å². The maximum absolute atomic E-state index is 11.6. The molecular formula is C17H18N2O4S. The molecule has 0 amide bonds. The molecule has 2 heterocycles. The molecule has 3 aromatic rings. The van der Waals surface area contributed by atoms with Gasteiger partial charge in [-0.3, -0.25) is 0 Å². The van der Waals surface area contributed by atoms with Crippen molar-refractivity contribution in [3.05, 3.63) is 35.7 Å². The molecule has 0 atom stereocenters. The molecule has 2 aromatic heterocycles. The molecule has 0 bridgehead atoms. The van der Waals surface area contributed by atoms with Gasteiger partial charge in [-0.05, 0) is 42.9 Å². The molecule has 0 radical (unpaired) electrons. The Hall–Kier alpha value is -2.15. The van der Waals surface area contributed by atoms with Crippen LogP contribution in [0.5, 0.6) is 0 Å². The van der Waals surface area contributed by atoms with Crippen LogP contribution in [0.2, 0.25) is 0 Å². The summed E-state index contributed by atoms with van der Waals surface area (Å²) in [7, 11) is -3.01. The minimum absolute atomic E-state index is 0.174. The van der Waals surface area contributed by atoms with Crippen LogP contribution in [0, 0.1) is 12.3 Å². The highest BCUT2D eigenvalue weighted by atomic mass is 32.2. The maximum Gasteiger partial charge on any atom is 0.293 e. The van der Waals surface area contributed by atoms with E-state index in [0.717, 1.165) is 29.4 Å². The third-order valence-corrected chi connectivity index (χ3v) is 5.65. The molecule has 126 valence electrons. The third kappa shape index (κ3) is 2.96. The smallest absolute Gasteiger partial charge is 0.293 e. The lowest BCUT2D eigenvalue weighted by atomic mass is 10.1. The van der Waals surface area contributed by atoms with Crippen molar-refractivity contribution in [2.24, 2.45) is 5.41 Å². The Morgan fingerprint density at radius 1 is 1.29 bits per heavy atom. The number of rotatable bonds is 5. The number of nitrogens with zero attached hydrogens (tertiary/aromatic N) is 2. The van der Waals surface area contributed by atoms with Gasteiger partial charge in [-0.25, -0.2) is 8.42 Å². The van der Waals surface area contributed by atoms with Crippen molar-refractivity contribution in [2.45, 2.75) is 26.2 Å². The second kappa shape index (κ2) is 5.17. The van der Waals surface area contributed by atoms with Gasteiger partial charge in [-0.1, -0.05) is 17.3 Å². The van der Waals surface area contributed by atoms with Crippen molar-refractivity contribution in [3.63, 3.8) is 0 Å². The fourth-order valence-electron chi connectivity index (χ4n) is 3.18. The number of benzene rings is 1. The van der Waals surface area contributed by atoms with Gasteiger partial charge in [0.25, 0.3) is 5.89 Å². The standard InChI is InChI=1S/C17H18N2O4S/c1-11-4-3-5-13-12(11)8-14(22-13)16-18-15(19-23-16)9-17(6-7-17)10-24(2,20)21/h3-5,8H,6-7,9-10H2,1-2H3. The SMILES string of the molecule is Cc1cccc2oc(-c3nc(CC4(CS(C)(=O)=O)CC4)no3)cc12. The van der Waals surface area contributed by atoms with Crippen molar-refractivity contribution >= 4 is 20.8 Å². The highest BCUT2D eigenvalue weighted by molar-refractivity contribution is 7.90. The Labute approximate surface area is 139 Å². The molecular weight excluding hydrogens is 328 g/mol. The Morgan fingerprint density at radius 3 is 2.75 bits per heavy atom. The Bertz CT molecular complexity index is 1010. The van der Waals surface area contributed by atoms with Crippen LogP contribution in [0.15, 0.2) is 33.2 Å². The van der Waals surface area contributed by atoms with Crippen LogP contribution in [0.25, 0.3) is 22.6 Å². The lowest BCUT2D eigenvalue weighted by molar-refractivity contribution is 0.404. The highest BCUT2D eigenvalue weighted by Gasteiger charge is 2.46. The van der Waals surface area contributed by atoms with Gasteiger partial charge in [-0.15, -0.1) is 0 Å². The zero-order chi connectivity index (χ0) is 16.9. The highest BCUT2D eigenvalue weighted by Crippen LogP contribution is 2.49. The van der Waals surface area contributed by atoms with Crippen molar-refractivity contribution in [3.8, 4) is 11.7 Å². The summed E-state index contributed by atoms with van der Waals surface area (Å²) >= 11 is 0. The van der Waals surface area contributed by atoms with Gasteiger partial charge in [0.2, 0.25) is 0 Å². The first kappa shape index (κ1) is 15.4. The van der Waals surface area contributed by atoms with E-state index in [2.05, 4.69) is 10.1 Å². The molecule has 4 rings (SSSR count).